The van der Waals surface area contributed by atoms with Crippen molar-refractivity contribution in [2.45, 2.75) is 30.1 Å². The molecule has 0 bridgehead atoms. The molecule has 0 aliphatic rings. The maximum atomic E-state index is 8.95. The van der Waals surface area contributed by atoms with Gasteiger partial charge in [-0.3, -0.25) is 0 Å². The van der Waals surface area contributed by atoms with E-state index in [0.29, 0.717) is 0 Å². The van der Waals surface area contributed by atoms with E-state index < -0.39 is 5.54 Å². The van der Waals surface area contributed by atoms with Gasteiger partial charge in [0.15, 0.2) is 0 Å². The Morgan fingerprint density at radius 3 is 2.93 bits per heavy atom. The van der Waals surface area contributed by atoms with Crippen molar-refractivity contribution in [1.82, 2.24) is 4.98 Å². The molecule has 1 atom stereocenters. The van der Waals surface area contributed by atoms with Gasteiger partial charge >= 0.3 is 0 Å². The second-order valence-corrected chi connectivity index (χ2v) is 5.87. The van der Waals surface area contributed by atoms with Gasteiger partial charge in [-0.15, -0.1) is 11.3 Å². The lowest BCUT2D eigenvalue weighted by atomic mass is 10.0. The predicted octanol–water partition coefficient (Wildman–Crippen LogP) is 1.64. The number of thiazole rings is 1. The Balaban J connectivity index is 2.28. The third kappa shape index (κ3) is 3.96. The van der Waals surface area contributed by atoms with Crippen LogP contribution in [0.25, 0.3) is 0 Å². The average molecular weight is 232 g/mol. The first kappa shape index (κ1) is 12.0. The standard InChI is InChI=1S/C9H16N2OS2/c1-7-5-14-8(11-7)13-4-3-9(2,10)6-12/h5,12H,3-4,6,10H2,1-2H3. The molecule has 80 valence electrons. The molecule has 0 saturated heterocycles. The maximum absolute atomic E-state index is 8.95. The molecule has 0 radical (unpaired) electrons. The quantitative estimate of drug-likeness (QED) is 0.758. The van der Waals surface area contributed by atoms with Crippen molar-refractivity contribution in [3.8, 4) is 0 Å². The van der Waals surface area contributed by atoms with E-state index in [1.165, 1.54) is 0 Å². The summed E-state index contributed by atoms with van der Waals surface area (Å²) in [6.45, 7) is 3.88. The van der Waals surface area contributed by atoms with E-state index in [4.69, 9.17) is 10.8 Å². The first-order valence-electron chi connectivity index (χ1n) is 4.48. The molecule has 1 aromatic heterocycles. The van der Waals surface area contributed by atoms with Crippen molar-refractivity contribution in [3.05, 3.63) is 11.1 Å². The normalized spacial score (nSPS) is 15.4. The number of nitrogens with zero attached hydrogens (tertiary/aromatic N) is 1. The lowest BCUT2D eigenvalue weighted by Crippen LogP contribution is -2.40. The SMILES string of the molecule is Cc1csc(SCCC(C)(N)CO)n1. The number of hydrogen-bond donors (Lipinski definition) is 2. The van der Waals surface area contributed by atoms with Crippen LogP contribution in [0.15, 0.2) is 9.72 Å². The number of hydrogen-bond acceptors (Lipinski definition) is 5. The summed E-state index contributed by atoms with van der Waals surface area (Å²) in [6, 6.07) is 0. The zero-order valence-corrected chi connectivity index (χ0v) is 10.1. The van der Waals surface area contributed by atoms with Crippen molar-refractivity contribution < 1.29 is 5.11 Å². The highest BCUT2D eigenvalue weighted by atomic mass is 32.2. The van der Waals surface area contributed by atoms with Crippen molar-refractivity contribution in [2.75, 3.05) is 12.4 Å². The van der Waals surface area contributed by atoms with Gasteiger partial charge in [-0.25, -0.2) is 4.98 Å². The topological polar surface area (TPSA) is 59.1 Å². The van der Waals surface area contributed by atoms with E-state index in [1.807, 2.05) is 19.2 Å². The third-order valence-corrected chi connectivity index (χ3v) is 4.00. The number of aryl methyl sites for hydroxylation is 1. The van der Waals surface area contributed by atoms with Gasteiger partial charge in [-0.2, -0.15) is 0 Å². The van der Waals surface area contributed by atoms with Crippen LogP contribution in [0.1, 0.15) is 19.0 Å². The number of aliphatic hydroxyl groups is 1. The molecular weight excluding hydrogens is 216 g/mol. The highest BCUT2D eigenvalue weighted by Gasteiger charge is 2.16. The smallest absolute Gasteiger partial charge is 0.150 e. The van der Waals surface area contributed by atoms with Crippen LogP contribution in [0.3, 0.4) is 0 Å². The van der Waals surface area contributed by atoms with Gasteiger partial charge in [0.25, 0.3) is 0 Å². The fourth-order valence-electron chi connectivity index (χ4n) is 0.849. The summed E-state index contributed by atoms with van der Waals surface area (Å²) in [5, 5.41) is 11.0. The molecule has 1 heterocycles. The molecule has 0 saturated carbocycles. The molecule has 3 N–H and O–H groups in total. The van der Waals surface area contributed by atoms with Gasteiger partial charge in [0, 0.05) is 22.4 Å². The predicted molar refractivity (Wildman–Crippen MR) is 61.9 cm³/mol. The zero-order valence-electron chi connectivity index (χ0n) is 8.49. The molecule has 0 amide bonds. The molecule has 1 aromatic rings. The Morgan fingerprint density at radius 2 is 2.43 bits per heavy atom. The van der Waals surface area contributed by atoms with Crippen LogP contribution in [0, 0.1) is 6.92 Å². The monoisotopic (exact) mass is 232 g/mol. The van der Waals surface area contributed by atoms with Gasteiger partial charge in [0.1, 0.15) is 4.34 Å². The third-order valence-electron chi connectivity index (χ3n) is 1.86. The van der Waals surface area contributed by atoms with E-state index in [9.17, 15) is 0 Å². The van der Waals surface area contributed by atoms with Crippen molar-refractivity contribution in [2.24, 2.45) is 5.73 Å². The maximum Gasteiger partial charge on any atom is 0.150 e. The highest BCUT2D eigenvalue weighted by molar-refractivity contribution is 8.01. The fourth-order valence-corrected chi connectivity index (χ4v) is 2.99. The second kappa shape index (κ2) is 5.11. The Bertz CT molecular complexity index is 286. The summed E-state index contributed by atoms with van der Waals surface area (Å²) in [7, 11) is 0. The molecule has 0 fully saturated rings. The Kier molecular flexibility index (Phi) is 4.37. The summed E-state index contributed by atoms with van der Waals surface area (Å²) in [6.07, 6.45) is 0.798. The molecule has 0 aliphatic heterocycles. The number of aliphatic hydroxyl groups excluding tert-OH is 1. The minimum absolute atomic E-state index is 0.0322. The molecule has 3 nitrogen and oxygen atoms in total. The van der Waals surface area contributed by atoms with Crippen LogP contribution in [0.2, 0.25) is 0 Å². The lowest BCUT2D eigenvalue weighted by molar-refractivity contribution is 0.206. The largest absolute Gasteiger partial charge is 0.394 e. The first-order chi connectivity index (χ1) is 6.53. The minimum Gasteiger partial charge on any atom is -0.394 e. The van der Waals surface area contributed by atoms with Crippen LogP contribution in [0.4, 0.5) is 0 Å². The fraction of sp³-hybridized carbons (Fsp3) is 0.667. The number of rotatable bonds is 5. The average Bonchev–Trinajstić information content (AvgIpc) is 2.51. The van der Waals surface area contributed by atoms with Crippen molar-refractivity contribution in [3.63, 3.8) is 0 Å². The van der Waals surface area contributed by atoms with Crippen LogP contribution < -0.4 is 5.73 Å². The Labute approximate surface area is 92.7 Å². The van der Waals surface area contributed by atoms with Gasteiger partial charge < -0.3 is 10.8 Å². The number of thioether (sulfide) groups is 1. The van der Waals surface area contributed by atoms with E-state index in [0.717, 1.165) is 22.2 Å². The molecule has 0 aromatic carbocycles. The van der Waals surface area contributed by atoms with Gasteiger partial charge in [-0.1, -0.05) is 11.8 Å². The molecular formula is C9H16N2OS2. The van der Waals surface area contributed by atoms with Crippen LogP contribution in [0.5, 0.6) is 0 Å². The molecule has 0 spiro atoms. The molecule has 1 rings (SSSR count). The van der Waals surface area contributed by atoms with Gasteiger partial charge in [0.2, 0.25) is 0 Å². The van der Waals surface area contributed by atoms with E-state index in [2.05, 4.69) is 4.98 Å². The van der Waals surface area contributed by atoms with Crippen LogP contribution >= 0.6 is 23.1 Å². The molecule has 1 unspecified atom stereocenters. The number of nitrogens with two attached hydrogens (primary N) is 1. The second-order valence-electron chi connectivity index (χ2n) is 3.67. The summed E-state index contributed by atoms with van der Waals surface area (Å²) >= 11 is 3.36. The minimum atomic E-state index is -0.459. The van der Waals surface area contributed by atoms with Crippen LogP contribution in [-0.2, 0) is 0 Å². The lowest BCUT2D eigenvalue weighted by Gasteiger charge is -2.20. The van der Waals surface area contributed by atoms with E-state index in [-0.39, 0.29) is 6.61 Å². The van der Waals surface area contributed by atoms with Gasteiger partial charge in [-0.05, 0) is 20.3 Å². The summed E-state index contributed by atoms with van der Waals surface area (Å²) in [5.74, 6) is 0.903. The molecule has 5 heteroatoms. The zero-order chi connectivity index (χ0) is 10.6. The summed E-state index contributed by atoms with van der Waals surface area (Å²) in [4.78, 5) is 4.33. The summed E-state index contributed by atoms with van der Waals surface area (Å²) in [5.41, 5.74) is 6.41. The number of aromatic nitrogens is 1. The Hall–Kier alpha value is -0.100. The summed E-state index contributed by atoms with van der Waals surface area (Å²) < 4.78 is 1.08. The Morgan fingerprint density at radius 1 is 1.71 bits per heavy atom. The first-order valence-corrected chi connectivity index (χ1v) is 6.35. The molecule has 14 heavy (non-hydrogen) atoms. The van der Waals surface area contributed by atoms with Gasteiger partial charge in [0.05, 0.1) is 6.61 Å². The van der Waals surface area contributed by atoms with E-state index in [1.54, 1.807) is 23.1 Å². The van der Waals surface area contributed by atoms with Crippen molar-refractivity contribution >= 4 is 23.1 Å². The van der Waals surface area contributed by atoms with Crippen molar-refractivity contribution in [1.29, 1.82) is 0 Å². The van der Waals surface area contributed by atoms with Crippen LogP contribution in [-0.4, -0.2) is 28.0 Å². The highest BCUT2D eigenvalue weighted by Crippen LogP contribution is 2.24. The molecule has 0 aliphatic carbocycles. The van der Waals surface area contributed by atoms with E-state index >= 15 is 0 Å².